The summed E-state index contributed by atoms with van der Waals surface area (Å²) in [5.41, 5.74) is -3.72. The summed E-state index contributed by atoms with van der Waals surface area (Å²) < 4.78 is 83.7. The number of methoxy groups -OCH3 is 1. The van der Waals surface area contributed by atoms with Crippen LogP contribution in [0, 0.1) is 5.92 Å². The topological polar surface area (TPSA) is 70.7 Å². The van der Waals surface area contributed by atoms with E-state index in [9.17, 15) is 35.9 Å². The van der Waals surface area contributed by atoms with E-state index in [0.717, 1.165) is 38.5 Å². The Kier molecular flexibility index (Phi) is 10.1. The third-order valence-electron chi connectivity index (χ3n) is 7.71. The van der Waals surface area contributed by atoms with Crippen LogP contribution in [0.5, 0.6) is 0 Å². The normalized spacial score (nSPS) is 24.6. The zero-order chi connectivity index (χ0) is 28.1. The van der Waals surface area contributed by atoms with E-state index in [1.807, 2.05) is 7.05 Å². The van der Waals surface area contributed by atoms with Crippen LogP contribution in [0.25, 0.3) is 0 Å². The molecule has 1 aromatic rings. The number of benzene rings is 1. The molecular weight excluding hydrogens is 516 g/mol. The van der Waals surface area contributed by atoms with Crippen LogP contribution in [0.15, 0.2) is 18.2 Å². The third-order valence-corrected chi connectivity index (χ3v) is 7.71. The van der Waals surface area contributed by atoms with Gasteiger partial charge in [0.2, 0.25) is 5.91 Å². The Labute approximate surface area is 218 Å². The molecule has 0 unspecified atom stereocenters. The van der Waals surface area contributed by atoms with E-state index >= 15 is 0 Å². The van der Waals surface area contributed by atoms with Crippen molar-refractivity contribution in [2.75, 3.05) is 27.2 Å². The van der Waals surface area contributed by atoms with Crippen molar-refractivity contribution in [2.45, 2.75) is 81.9 Å². The molecule has 0 aliphatic heterocycles. The van der Waals surface area contributed by atoms with Gasteiger partial charge in [0.25, 0.3) is 5.91 Å². The minimum atomic E-state index is -5.01. The summed E-state index contributed by atoms with van der Waals surface area (Å²) in [4.78, 5) is 26.8. The first kappa shape index (κ1) is 30.2. The lowest BCUT2D eigenvalue weighted by atomic mass is 9.86. The van der Waals surface area contributed by atoms with Gasteiger partial charge in [0.15, 0.2) is 0 Å². The lowest BCUT2D eigenvalue weighted by Gasteiger charge is -2.35. The third kappa shape index (κ3) is 8.33. The maximum atomic E-state index is 13.1. The lowest BCUT2D eigenvalue weighted by molar-refractivity contribution is -0.143. The Balaban J connectivity index is 1.43. The largest absolute Gasteiger partial charge is 0.416 e. The number of nitrogens with one attached hydrogen (secondary N) is 2. The summed E-state index contributed by atoms with van der Waals surface area (Å²) in [5.74, 6) is -0.909. The van der Waals surface area contributed by atoms with E-state index in [1.54, 1.807) is 12.0 Å². The van der Waals surface area contributed by atoms with Gasteiger partial charge in [-0.25, -0.2) is 0 Å². The summed E-state index contributed by atoms with van der Waals surface area (Å²) in [6.45, 7) is 0.374. The highest BCUT2D eigenvalue weighted by Gasteiger charge is 2.37. The number of ether oxygens (including phenoxy) is 1. The maximum absolute atomic E-state index is 13.1. The summed E-state index contributed by atoms with van der Waals surface area (Å²) in [6, 6.07) is 1.20. The first-order valence-corrected chi connectivity index (χ1v) is 12.9. The van der Waals surface area contributed by atoms with Crippen molar-refractivity contribution in [1.29, 1.82) is 0 Å². The zero-order valence-corrected chi connectivity index (χ0v) is 21.6. The molecule has 0 heterocycles. The van der Waals surface area contributed by atoms with Crippen molar-refractivity contribution in [1.82, 2.24) is 15.5 Å². The molecule has 2 fully saturated rings. The van der Waals surface area contributed by atoms with Gasteiger partial charge in [-0.1, -0.05) is 0 Å². The molecule has 1 aromatic carbocycles. The molecule has 12 heteroatoms. The fraction of sp³-hybridized carbons (Fsp3) is 0.692. The number of halogens is 6. The van der Waals surface area contributed by atoms with Gasteiger partial charge < -0.3 is 20.3 Å². The van der Waals surface area contributed by atoms with Gasteiger partial charge >= 0.3 is 12.4 Å². The predicted molar refractivity (Wildman–Crippen MR) is 128 cm³/mol. The van der Waals surface area contributed by atoms with E-state index in [2.05, 4.69) is 10.6 Å². The Morgan fingerprint density at radius 1 is 0.895 bits per heavy atom. The molecule has 38 heavy (non-hydrogen) atoms. The van der Waals surface area contributed by atoms with E-state index < -0.39 is 35.0 Å². The first-order chi connectivity index (χ1) is 17.8. The number of hydrogen-bond donors (Lipinski definition) is 2. The second-order valence-corrected chi connectivity index (χ2v) is 10.3. The lowest BCUT2D eigenvalue weighted by Crippen LogP contribution is -2.46. The standard InChI is InChI=1S/C26H35F6N3O3/c1-35(21-7-9-22(38-2)10-8-21)23(36)15-33-20-5-3-16(4-6-20)14-34-24(37)17-11-18(25(27,28)29)13-19(12-17)26(30,31)32/h11-13,16,20-22,33H,3-10,14-15H2,1-2H3,(H,34,37)/t16-,20+,21?,22?. The van der Waals surface area contributed by atoms with Crippen LogP contribution < -0.4 is 10.6 Å². The Hall–Kier alpha value is -2.34. The highest BCUT2D eigenvalue weighted by atomic mass is 19.4. The predicted octanol–water partition coefficient (Wildman–Crippen LogP) is 5.02. The molecule has 214 valence electrons. The molecule has 0 bridgehead atoms. The quantitative estimate of drug-likeness (QED) is 0.446. The van der Waals surface area contributed by atoms with Crippen LogP contribution in [0.4, 0.5) is 26.3 Å². The Morgan fingerprint density at radius 2 is 1.45 bits per heavy atom. The molecule has 0 spiro atoms. The van der Waals surface area contributed by atoms with Gasteiger partial charge in [-0.05, 0) is 75.5 Å². The Morgan fingerprint density at radius 3 is 1.95 bits per heavy atom. The van der Waals surface area contributed by atoms with E-state index in [4.69, 9.17) is 4.74 Å². The van der Waals surface area contributed by atoms with E-state index in [1.165, 1.54) is 0 Å². The second kappa shape index (κ2) is 12.7. The minimum absolute atomic E-state index is 0.000589. The van der Waals surface area contributed by atoms with Gasteiger partial charge in [0.05, 0.1) is 23.8 Å². The van der Waals surface area contributed by atoms with Crippen molar-refractivity contribution >= 4 is 11.8 Å². The number of carbonyl (C=O) groups excluding carboxylic acids is 2. The second-order valence-electron chi connectivity index (χ2n) is 10.3. The van der Waals surface area contributed by atoms with Crippen molar-refractivity contribution in [3.63, 3.8) is 0 Å². The van der Waals surface area contributed by atoms with Crippen molar-refractivity contribution < 1.29 is 40.7 Å². The van der Waals surface area contributed by atoms with Crippen LogP contribution >= 0.6 is 0 Å². The zero-order valence-electron chi connectivity index (χ0n) is 21.6. The number of hydrogen-bond acceptors (Lipinski definition) is 4. The van der Waals surface area contributed by atoms with Gasteiger partial charge in [-0.2, -0.15) is 26.3 Å². The van der Waals surface area contributed by atoms with Gasteiger partial charge in [0.1, 0.15) is 0 Å². The summed E-state index contributed by atoms with van der Waals surface area (Å²) >= 11 is 0. The number of likely N-dealkylation sites (N-methyl/N-ethyl adjacent to an activating group) is 1. The molecule has 2 aliphatic carbocycles. The molecular formula is C26H35F6N3O3. The average molecular weight is 552 g/mol. The summed E-state index contributed by atoms with van der Waals surface area (Å²) in [5, 5.41) is 5.78. The molecule has 2 amide bonds. The van der Waals surface area contributed by atoms with Crippen LogP contribution in [-0.2, 0) is 21.9 Å². The number of alkyl halides is 6. The summed E-state index contributed by atoms with van der Waals surface area (Å²) in [6.07, 6.45) is -3.16. The molecule has 0 saturated heterocycles. The maximum Gasteiger partial charge on any atom is 0.416 e. The molecule has 2 saturated carbocycles. The SMILES string of the molecule is COC1CCC(N(C)C(=O)CN[C@H]2CC[C@@H](CNC(=O)c3cc(C(F)(F)F)cc(C(F)(F)F)c3)CC2)CC1. The van der Waals surface area contributed by atoms with E-state index in [0.29, 0.717) is 25.0 Å². The van der Waals surface area contributed by atoms with Crippen LogP contribution in [-0.4, -0.2) is 62.1 Å². The molecule has 2 N–H and O–H groups in total. The van der Waals surface area contributed by atoms with Gasteiger partial charge in [-0.3, -0.25) is 9.59 Å². The van der Waals surface area contributed by atoms with Crippen LogP contribution in [0.3, 0.4) is 0 Å². The number of carbonyl (C=O) groups is 2. The molecule has 6 nitrogen and oxygen atoms in total. The number of amides is 2. The highest BCUT2D eigenvalue weighted by Crippen LogP contribution is 2.36. The first-order valence-electron chi connectivity index (χ1n) is 12.9. The fourth-order valence-corrected chi connectivity index (χ4v) is 5.22. The molecule has 2 aliphatic rings. The monoisotopic (exact) mass is 551 g/mol. The molecule has 0 radical (unpaired) electrons. The van der Waals surface area contributed by atoms with Crippen molar-refractivity contribution in [3.05, 3.63) is 34.9 Å². The van der Waals surface area contributed by atoms with Crippen molar-refractivity contribution in [2.24, 2.45) is 5.92 Å². The van der Waals surface area contributed by atoms with Crippen LogP contribution in [0.1, 0.15) is 72.9 Å². The molecule has 0 aromatic heterocycles. The summed E-state index contributed by atoms with van der Waals surface area (Å²) in [7, 11) is 3.53. The molecule has 0 atom stereocenters. The number of nitrogens with zero attached hydrogens (tertiary/aromatic N) is 1. The molecule has 3 rings (SSSR count). The highest BCUT2D eigenvalue weighted by molar-refractivity contribution is 5.94. The van der Waals surface area contributed by atoms with Crippen LogP contribution in [0.2, 0.25) is 0 Å². The van der Waals surface area contributed by atoms with Gasteiger partial charge in [0, 0.05) is 38.3 Å². The average Bonchev–Trinajstić information content (AvgIpc) is 2.89. The van der Waals surface area contributed by atoms with E-state index in [-0.39, 0.29) is 49.2 Å². The smallest absolute Gasteiger partial charge is 0.381 e. The van der Waals surface area contributed by atoms with Gasteiger partial charge in [-0.15, -0.1) is 0 Å². The fourth-order valence-electron chi connectivity index (χ4n) is 5.22. The number of rotatable bonds is 8. The Bertz CT molecular complexity index is 920. The van der Waals surface area contributed by atoms with Crippen molar-refractivity contribution in [3.8, 4) is 0 Å². The minimum Gasteiger partial charge on any atom is -0.381 e.